The van der Waals surface area contributed by atoms with Crippen molar-refractivity contribution in [1.29, 1.82) is 0 Å². The summed E-state index contributed by atoms with van der Waals surface area (Å²) in [5, 5.41) is 1.67. The molecular weight excluding hydrogens is 172 g/mol. The lowest BCUT2D eigenvalue weighted by Crippen LogP contribution is -2.47. The third-order valence-electron chi connectivity index (χ3n) is 2.27. The van der Waals surface area contributed by atoms with Gasteiger partial charge in [-0.3, -0.25) is 5.84 Å². The summed E-state index contributed by atoms with van der Waals surface area (Å²) >= 11 is 0. The molecule has 14 heavy (non-hydrogen) atoms. The Bertz CT molecular complexity index is 322. The third-order valence-corrected chi connectivity index (χ3v) is 2.27. The summed E-state index contributed by atoms with van der Waals surface area (Å²) in [6, 6.07) is 10.0. The van der Waals surface area contributed by atoms with Crippen LogP contribution in [0.25, 0.3) is 0 Å². The fraction of sp³-hybridized carbons (Fsp3) is 0.333. The monoisotopic (exact) mass is 188 g/mol. The van der Waals surface area contributed by atoms with Crippen molar-refractivity contribution in [3.05, 3.63) is 35.9 Å². The van der Waals surface area contributed by atoms with E-state index in [0.717, 1.165) is 0 Å². The van der Waals surface area contributed by atoms with E-state index in [0.29, 0.717) is 6.54 Å². The molecule has 0 saturated heterocycles. The zero-order valence-corrected chi connectivity index (χ0v) is 8.70. The van der Waals surface area contributed by atoms with Gasteiger partial charge in [0.1, 0.15) is 0 Å². The van der Waals surface area contributed by atoms with Gasteiger partial charge in [0.25, 0.3) is 0 Å². The van der Waals surface area contributed by atoms with Crippen molar-refractivity contribution in [2.75, 3.05) is 0 Å². The van der Waals surface area contributed by atoms with E-state index in [4.69, 9.17) is 12.3 Å². The Kier molecular flexibility index (Phi) is 3.29. The van der Waals surface area contributed by atoms with E-state index in [9.17, 15) is 0 Å². The van der Waals surface area contributed by atoms with Crippen LogP contribution in [0.2, 0.25) is 0 Å². The summed E-state index contributed by atoms with van der Waals surface area (Å²) in [6.45, 7) is 4.52. The lowest BCUT2D eigenvalue weighted by atomic mass is 10.1. The Balaban J connectivity index is 2.68. The highest BCUT2D eigenvalue weighted by atomic mass is 15.4. The molecule has 0 saturated carbocycles. The van der Waals surface area contributed by atoms with Crippen LogP contribution in [-0.4, -0.2) is 10.5 Å². The number of nitrogens with two attached hydrogens (primary N) is 1. The van der Waals surface area contributed by atoms with Gasteiger partial charge in [0.05, 0.1) is 5.54 Å². The molecule has 0 unspecified atom stereocenters. The summed E-state index contributed by atoms with van der Waals surface area (Å²) in [5.41, 5.74) is 0.758. The SMILES string of the molecule is C#CC(C)(C)N(N)Cc1ccccc1. The predicted molar refractivity (Wildman–Crippen MR) is 59.1 cm³/mol. The predicted octanol–water partition coefficient (Wildman–Crippen LogP) is 1.77. The fourth-order valence-electron chi connectivity index (χ4n) is 1.06. The van der Waals surface area contributed by atoms with E-state index in [1.165, 1.54) is 5.56 Å². The largest absolute Gasteiger partial charge is 0.267 e. The van der Waals surface area contributed by atoms with Gasteiger partial charge in [-0.1, -0.05) is 36.3 Å². The van der Waals surface area contributed by atoms with Crippen LogP contribution in [0.3, 0.4) is 0 Å². The van der Waals surface area contributed by atoms with Crippen LogP contribution in [-0.2, 0) is 6.54 Å². The molecule has 2 N–H and O–H groups in total. The highest BCUT2D eigenvalue weighted by molar-refractivity contribution is 5.16. The highest BCUT2D eigenvalue weighted by Crippen LogP contribution is 2.12. The number of hydrogen-bond donors (Lipinski definition) is 1. The number of hydrazine groups is 1. The van der Waals surface area contributed by atoms with Gasteiger partial charge < -0.3 is 0 Å². The summed E-state index contributed by atoms with van der Waals surface area (Å²) < 4.78 is 0. The first-order valence-corrected chi connectivity index (χ1v) is 4.60. The minimum atomic E-state index is -0.407. The van der Waals surface area contributed by atoms with Crippen molar-refractivity contribution in [3.63, 3.8) is 0 Å². The van der Waals surface area contributed by atoms with Crippen LogP contribution in [0.1, 0.15) is 19.4 Å². The molecule has 0 amide bonds. The number of benzene rings is 1. The molecule has 0 aliphatic heterocycles. The van der Waals surface area contributed by atoms with Crippen molar-refractivity contribution < 1.29 is 0 Å². The van der Waals surface area contributed by atoms with E-state index in [1.54, 1.807) is 5.01 Å². The van der Waals surface area contributed by atoms with Gasteiger partial charge in [-0.25, -0.2) is 5.01 Å². The lowest BCUT2D eigenvalue weighted by Gasteiger charge is -2.29. The van der Waals surface area contributed by atoms with Crippen molar-refractivity contribution in [3.8, 4) is 12.3 Å². The fourth-order valence-corrected chi connectivity index (χ4v) is 1.06. The van der Waals surface area contributed by atoms with Gasteiger partial charge in [0, 0.05) is 6.54 Å². The van der Waals surface area contributed by atoms with Crippen LogP contribution in [0, 0.1) is 12.3 Å². The molecule has 0 bridgehead atoms. The maximum Gasteiger partial charge on any atom is 0.0899 e. The van der Waals surface area contributed by atoms with E-state index >= 15 is 0 Å². The highest BCUT2D eigenvalue weighted by Gasteiger charge is 2.20. The topological polar surface area (TPSA) is 29.3 Å². The van der Waals surface area contributed by atoms with Gasteiger partial charge in [-0.2, -0.15) is 0 Å². The first-order chi connectivity index (χ1) is 6.56. The maximum atomic E-state index is 5.88. The zero-order valence-electron chi connectivity index (χ0n) is 8.70. The molecule has 0 atom stereocenters. The molecule has 1 aromatic carbocycles. The molecule has 1 aromatic rings. The Morgan fingerprint density at radius 1 is 1.36 bits per heavy atom. The second kappa shape index (κ2) is 4.28. The van der Waals surface area contributed by atoms with Gasteiger partial charge in [-0.05, 0) is 19.4 Å². The van der Waals surface area contributed by atoms with E-state index in [1.807, 2.05) is 44.2 Å². The molecule has 1 rings (SSSR count). The van der Waals surface area contributed by atoms with Crippen LogP contribution >= 0.6 is 0 Å². The molecule has 0 aromatic heterocycles. The smallest absolute Gasteiger partial charge is 0.0899 e. The second-order valence-corrected chi connectivity index (χ2v) is 3.82. The standard InChI is InChI=1S/C12H16N2/c1-4-12(2,3)14(13)10-11-8-6-5-7-9-11/h1,5-9H,10,13H2,2-3H3. The first kappa shape index (κ1) is 10.8. The molecule has 2 nitrogen and oxygen atoms in total. The van der Waals surface area contributed by atoms with Crippen LogP contribution in [0.4, 0.5) is 0 Å². The number of terminal acetylenes is 1. The minimum absolute atomic E-state index is 0.407. The average Bonchev–Trinajstić information content (AvgIpc) is 2.19. The molecular formula is C12H16N2. The lowest BCUT2D eigenvalue weighted by molar-refractivity contribution is 0.164. The summed E-state index contributed by atoms with van der Waals surface area (Å²) in [4.78, 5) is 0. The second-order valence-electron chi connectivity index (χ2n) is 3.82. The summed E-state index contributed by atoms with van der Waals surface area (Å²) in [6.07, 6.45) is 5.39. The molecule has 0 aliphatic carbocycles. The number of rotatable bonds is 3. The van der Waals surface area contributed by atoms with Crippen LogP contribution in [0.15, 0.2) is 30.3 Å². The van der Waals surface area contributed by atoms with Crippen molar-refractivity contribution in [2.45, 2.75) is 25.9 Å². The molecule has 0 radical (unpaired) electrons. The van der Waals surface area contributed by atoms with Crippen LogP contribution in [0.5, 0.6) is 0 Å². The average molecular weight is 188 g/mol. The zero-order chi connectivity index (χ0) is 10.6. The van der Waals surface area contributed by atoms with Crippen molar-refractivity contribution >= 4 is 0 Å². The minimum Gasteiger partial charge on any atom is -0.267 e. The molecule has 0 aliphatic rings. The van der Waals surface area contributed by atoms with Crippen molar-refractivity contribution in [1.82, 2.24) is 5.01 Å². The Labute approximate surface area is 85.7 Å². The van der Waals surface area contributed by atoms with Crippen LogP contribution < -0.4 is 5.84 Å². The molecule has 0 spiro atoms. The van der Waals surface area contributed by atoms with Gasteiger partial charge in [-0.15, -0.1) is 6.42 Å². The van der Waals surface area contributed by atoms with E-state index in [2.05, 4.69) is 5.92 Å². The summed E-state index contributed by atoms with van der Waals surface area (Å²) in [7, 11) is 0. The normalized spacial score (nSPS) is 11.4. The molecule has 2 heteroatoms. The first-order valence-electron chi connectivity index (χ1n) is 4.60. The molecule has 0 fully saturated rings. The molecule has 0 heterocycles. The Hall–Kier alpha value is -1.30. The van der Waals surface area contributed by atoms with Gasteiger partial charge in [0.2, 0.25) is 0 Å². The van der Waals surface area contributed by atoms with E-state index < -0.39 is 5.54 Å². The Morgan fingerprint density at radius 2 is 1.93 bits per heavy atom. The third kappa shape index (κ3) is 2.59. The molecule has 74 valence electrons. The quantitative estimate of drug-likeness (QED) is 0.445. The van der Waals surface area contributed by atoms with Crippen molar-refractivity contribution in [2.24, 2.45) is 5.84 Å². The van der Waals surface area contributed by atoms with Gasteiger partial charge >= 0.3 is 0 Å². The number of hydrogen-bond acceptors (Lipinski definition) is 2. The number of nitrogens with zero attached hydrogens (tertiary/aromatic N) is 1. The Morgan fingerprint density at radius 3 is 2.43 bits per heavy atom. The summed E-state index contributed by atoms with van der Waals surface area (Å²) in [5.74, 6) is 8.55. The maximum absolute atomic E-state index is 5.88. The van der Waals surface area contributed by atoms with E-state index in [-0.39, 0.29) is 0 Å². The van der Waals surface area contributed by atoms with Gasteiger partial charge in [0.15, 0.2) is 0 Å².